The van der Waals surface area contributed by atoms with Gasteiger partial charge in [-0.25, -0.2) is 0 Å². The summed E-state index contributed by atoms with van der Waals surface area (Å²) in [6.45, 7) is 3.93. The Kier molecular flexibility index (Phi) is 7.57. The van der Waals surface area contributed by atoms with Gasteiger partial charge in [0.15, 0.2) is 0 Å². The van der Waals surface area contributed by atoms with Crippen molar-refractivity contribution in [3.63, 3.8) is 0 Å². The third kappa shape index (κ3) is 6.02. The Morgan fingerprint density at radius 2 is 1.93 bits per heavy atom. The first-order valence-corrected chi connectivity index (χ1v) is 5.56. The third-order valence-corrected chi connectivity index (χ3v) is 2.25. The number of rotatable bonds is 6. The molecule has 82 valence electrons. The highest BCUT2D eigenvalue weighted by atomic mass is 32.1. The normalized spacial score (nSPS) is 12.2. The van der Waals surface area contributed by atoms with Crippen LogP contribution in [0.5, 0.6) is 0 Å². The maximum absolute atomic E-state index is 11.2. The average molecular weight is 218 g/mol. The lowest BCUT2D eigenvalue weighted by Crippen LogP contribution is -2.21. The zero-order chi connectivity index (χ0) is 11.0. The number of esters is 2. The molecule has 0 saturated carbocycles. The Hall–Kier alpha value is -0.510. The molecular weight excluding hydrogens is 200 g/mol. The molecule has 0 heterocycles. The lowest BCUT2D eigenvalue weighted by molar-refractivity contribution is -0.159. The first kappa shape index (κ1) is 13.5. The van der Waals surface area contributed by atoms with E-state index >= 15 is 0 Å². The largest absolute Gasteiger partial charge is 0.392 e. The van der Waals surface area contributed by atoms with Crippen molar-refractivity contribution in [2.75, 3.05) is 0 Å². The smallest absolute Gasteiger partial charge is 0.326 e. The fourth-order valence-electron chi connectivity index (χ4n) is 0.944. The van der Waals surface area contributed by atoms with Gasteiger partial charge in [-0.05, 0) is 12.8 Å². The van der Waals surface area contributed by atoms with Gasteiger partial charge in [-0.3, -0.25) is 9.59 Å². The van der Waals surface area contributed by atoms with Crippen molar-refractivity contribution >= 4 is 24.6 Å². The topological polar surface area (TPSA) is 43.4 Å². The molecule has 0 spiro atoms. The summed E-state index contributed by atoms with van der Waals surface area (Å²) in [7, 11) is 0. The van der Waals surface area contributed by atoms with Crippen LogP contribution in [0.4, 0.5) is 0 Å². The minimum Gasteiger partial charge on any atom is -0.392 e. The van der Waals surface area contributed by atoms with Crippen LogP contribution in [0, 0.1) is 0 Å². The highest BCUT2D eigenvalue weighted by Gasteiger charge is 2.17. The van der Waals surface area contributed by atoms with Gasteiger partial charge in [-0.2, -0.15) is 12.6 Å². The van der Waals surface area contributed by atoms with Gasteiger partial charge < -0.3 is 4.74 Å². The number of ether oxygens (including phenoxy) is 1. The molecule has 0 saturated heterocycles. The summed E-state index contributed by atoms with van der Waals surface area (Å²) in [5, 5.41) is -0.467. The van der Waals surface area contributed by atoms with Crippen molar-refractivity contribution in [2.24, 2.45) is 0 Å². The molecule has 0 aromatic carbocycles. The number of hydrogen-bond acceptors (Lipinski definition) is 4. The fourth-order valence-corrected chi connectivity index (χ4v) is 1.25. The molecule has 0 radical (unpaired) electrons. The minimum atomic E-state index is -0.517. The second-order valence-corrected chi connectivity index (χ2v) is 3.82. The van der Waals surface area contributed by atoms with Crippen LogP contribution in [0.25, 0.3) is 0 Å². The fraction of sp³-hybridized carbons (Fsp3) is 0.800. The molecule has 0 N–H and O–H groups in total. The van der Waals surface area contributed by atoms with E-state index in [4.69, 9.17) is 0 Å². The van der Waals surface area contributed by atoms with Crippen molar-refractivity contribution in [3.05, 3.63) is 0 Å². The summed E-state index contributed by atoms with van der Waals surface area (Å²) in [6, 6.07) is 0. The molecule has 0 amide bonds. The number of unbranched alkanes of at least 4 members (excludes halogenated alkanes) is 1. The summed E-state index contributed by atoms with van der Waals surface area (Å²) >= 11 is 4.04. The number of carbonyl (C=O) groups excluding carboxylic acids is 2. The molecule has 0 rings (SSSR count). The lowest BCUT2D eigenvalue weighted by atomic mass is 10.2. The molecule has 0 aliphatic carbocycles. The van der Waals surface area contributed by atoms with Crippen LogP contribution in [0.3, 0.4) is 0 Å². The van der Waals surface area contributed by atoms with E-state index in [1.165, 1.54) is 0 Å². The minimum absolute atomic E-state index is 0.314. The predicted molar refractivity (Wildman–Crippen MR) is 58.3 cm³/mol. The summed E-state index contributed by atoms with van der Waals surface area (Å²) < 4.78 is 4.61. The lowest BCUT2D eigenvalue weighted by Gasteiger charge is -2.07. The highest BCUT2D eigenvalue weighted by molar-refractivity contribution is 7.81. The second-order valence-electron chi connectivity index (χ2n) is 3.20. The number of carbonyl (C=O) groups is 2. The Labute approximate surface area is 90.6 Å². The van der Waals surface area contributed by atoms with Crippen LogP contribution in [-0.2, 0) is 14.3 Å². The molecular formula is C10H18O3S. The first-order chi connectivity index (χ1) is 6.61. The van der Waals surface area contributed by atoms with E-state index in [0.29, 0.717) is 12.8 Å². The molecule has 1 atom stereocenters. The maximum Gasteiger partial charge on any atom is 0.326 e. The Morgan fingerprint density at radius 1 is 1.29 bits per heavy atom. The van der Waals surface area contributed by atoms with Crippen molar-refractivity contribution < 1.29 is 14.3 Å². The van der Waals surface area contributed by atoms with Crippen LogP contribution in [-0.4, -0.2) is 17.2 Å². The molecule has 14 heavy (non-hydrogen) atoms. The van der Waals surface area contributed by atoms with Crippen molar-refractivity contribution in [1.82, 2.24) is 0 Å². The average Bonchev–Trinajstić information content (AvgIpc) is 2.15. The summed E-state index contributed by atoms with van der Waals surface area (Å²) in [6.07, 6.45) is 3.49. The molecule has 1 unspecified atom stereocenters. The number of thiol groups is 1. The summed E-state index contributed by atoms with van der Waals surface area (Å²) in [5.41, 5.74) is 0. The zero-order valence-corrected chi connectivity index (χ0v) is 9.68. The molecule has 0 aliphatic rings. The van der Waals surface area contributed by atoms with Crippen molar-refractivity contribution in [3.8, 4) is 0 Å². The van der Waals surface area contributed by atoms with Crippen molar-refractivity contribution in [2.45, 2.75) is 51.2 Å². The van der Waals surface area contributed by atoms with Gasteiger partial charge >= 0.3 is 11.9 Å². The van der Waals surface area contributed by atoms with Crippen LogP contribution < -0.4 is 0 Å². The van der Waals surface area contributed by atoms with Gasteiger partial charge in [-0.1, -0.05) is 26.7 Å². The molecule has 0 fully saturated rings. The van der Waals surface area contributed by atoms with Crippen molar-refractivity contribution in [1.29, 1.82) is 0 Å². The zero-order valence-electron chi connectivity index (χ0n) is 8.78. The quantitative estimate of drug-likeness (QED) is 0.423. The Bertz CT molecular complexity index is 192. The third-order valence-electron chi connectivity index (χ3n) is 1.78. The first-order valence-electron chi connectivity index (χ1n) is 5.04. The van der Waals surface area contributed by atoms with E-state index in [0.717, 1.165) is 19.3 Å². The summed E-state index contributed by atoms with van der Waals surface area (Å²) in [4.78, 5) is 22.2. The van der Waals surface area contributed by atoms with Gasteiger partial charge in [0.1, 0.15) is 5.25 Å². The molecule has 3 nitrogen and oxygen atoms in total. The molecule has 4 heteroatoms. The van der Waals surface area contributed by atoms with E-state index in [-0.39, 0.29) is 0 Å². The van der Waals surface area contributed by atoms with Crippen LogP contribution >= 0.6 is 12.6 Å². The standard InChI is InChI=1S/C10H18O3S/c1-3-5-7-9(11)13-10(12)8(14)6-4-2/h8,14H,3-7H2,1-2H3. The van der Waals surface area contributed by atoms with Crippen LogP contribution in [0.1, 0.15) is 46.0 Å². The van der Waals surface area contributed by atoms with Gasteiger partial charge in [0, 0.05) is 6.42 Å². The van der Waals surface area contributed by atoms with Gasteiger partial charge in [0.05, 0.1) is 0 Å². The monoisotopic (exact) mass is 218 g/mol. The molecule has 0 aliphatic heterocycles. The molecule has 0 bridgehead atoms. The SMILES string of the molecule is CCCCC(=O)OC(=O)C(S)CCC. The molecule has 0 aromatic heterocycles. The van der Waals surface area contributed by atoms with E-state index in [1.54, 1.807) is 0 Å². The Balaban J connectivity index is 3.75. The van der Waals surface area contributed by atoms with E-state index in [9.17, 15) is 9.59 Å². The van der Waals surface area contributed by atoms with Gasteiger partial charge in [0.25, 0.3) is 0 Å². The van der Waals surface area contributed by atoms with Gasteiger partial charge in [0.2, 0.25) is 0 Å². The van der Waals surface area contributed by atoms with Gasteiger partial charge in [-0.15, -0.1) is 0 Å². The van der Waals surface area contributed by atoms with E-state index in [2.05, 4.69) is 17.4 Å². The van der Waals surface area contributed by atoms with E-state index in [1.807, 2.05) is 13.8 Å². The van der Waals surface area contributed by atoms with E-state index < -0.39 is 17.2 Å². The highest BCUT2D eigenvalue weighted by Crippen LogP contribution is 2.07. The van der Waals surface area contributed by atoms with Crippen LogP contribution in [0.2, 0.25) is 0 Å². The van der Waals surface area contributed by atoms with Crippen LogP contribution in [0.15, 0.2) is 0 Å². The second kappa shape index (κ2) is 7.85. The summed E-state index contributed by atoms with van der Waals surface area (Å²) in [5.74, 6) is -0.955. The Morgan fingerprint density at radius 3 is 2.43 bits per heavy atom. The maximum atomic E-state index is 11.2. The number of hydrogen-bond donors (Lipinski definition) is 1. The predicted octanol–water partition coefficient (Wildman–Crippen LogP) is 2.34. The molecule has 0 aromatic rings.